The average molecular weight is 203 g/mol. The summed E-state index contributed by atoms with van der Waals surface area (Å²) in [6.45, 7) is 5.60. The molecule has 0 N–H and O–H groups in total. The molecule has 0 spiro atoms. The van der Waals surface area contributed by atoms with Crippen molar-refractivity contribution in [1.29, 1.82) is 0 Å². The van der Waals surface area contributed by atoms with Crippen molar-refractivity contribution < 1.29 is 9.53 Å². The van der Waals surface area contributed by atoms with Gasteiger partial charge in [0.15, 0.2) is 0 Å². The maximum Gasteiger partial charge on any atom is 0.433 e. The van der Waals surface area contributed by atoms with Gasteiger partial charge >= 0.3 is 6.09 Å². The number of nitrogens with zero attached hydrogens (tertiary/aromatic N) is 1. The van der Waals surface area contributed by atoms with Crippen LogP contribution in [-0.4, -0.2) is 18.9 Å². The van der Waals surface area contributed by atoms with Crippen LogP contribution < -0.4 is 0 Å². The van der Waals surface area contributed by atoms with Crippen molar-refractivity contribution in [1.82, 2.24) is 0 Å². The van der Waals surface area contributed by atoms with Gasteiger partial charge in [0.1, 0.15) is 6.61 Å². The largest absolute Gasteiger partial charge is 0.444 e. The molecule has 3 heteroatoms. The second-order valence-electron chi connectivity index (χ2n) is 3.04. The number of carbonyl (C=O) groups excluding carboxylic acids is 1. The number of rotatable bonds is 3. The lowest BCUT2D eigenvalue weighted by Crippen LogP contribution is -1.98. The van der Waals surface area contributed by atoms with Crippen LogP contribution in [0.15, 0.2) is 41.9 Å². The molecule has 1 rings (SSSR count). The van der Waals surface area contributed by atoms with Crippen molar-refractivity contribution in [3.63, 3.8) is 0 Å². The molecule has 0 radical (unpaired) electrons. The zero-order valence-electron chi connectivity index (χ0n) is 8.64. The van der Waals surface area contributed by atoms with Crippen LogP contribution in [0.1, 0.15) is 11.1 Å². The zero-order valence-corrected chi connectivity index (χ0v) is 8.64. The first kappa shape index (κ1) is 11.2. The predicted molar refractivity (Wildman–Crippen MR) is 60.3 cm³/mol. The first-order chi connectivity index (χ1) is 7.22. The molecule has 78 valence electrons. The minimum absolute atomic E-state index is 0.185. The summed E-state index contributed by atoms with van der Waals surface area (Å²) >= 11 is 0. The first-order valence-electron chi connectivity index (χ1n) is 4.61. The lowest BCUT2D eigenvalue weighted by atomic mass is 10.2. The van der Waals surface area contributed by atoms with E-state index in [2.05, 4.69) is 16.3 Å². The van der Waals surface area contributed by atoms with E-state index in [9.17, 15) is 4.79 Å². The van der Waals surface area contributed by atoms with E-state index in [0.29, 0.717) is 0 Å². The van der Waals surface area contributed by atoms with Gasteiger partial charge in [0.2, 0.25) is 0 Å². The normalized spacial score (nSPS) is 10.2. The Morgan fingerprint density at radius 3 is 3.07 bits per heavy atom. The molecular formula is C12H13NO2. The third kappa shape index (κ3) is 4.22. The van der Waals surface area contributed by atoms with Crippen molar-refractivity contribution in [2.75, 3.05) is 6.61 Å². The summed E-state index contributed by atoms with van der Waals surface area (Å²) in [6, 6.07) is 7.70. The molecule has 0 bridgehead atoms. The summed E-state index contributed by atoms with van der Waals surface area (Å²) in [5.74, 6) is 0. The lowest BCUT2D eigenvalue weighted by molar-refractivity contribution is 0.170. The molecule has 15 heavy (non-hydrogen) atoms. The van der Waals surface area contributed by atoms with E-state index in [1.165, 1.54) is 12.3 Å². The van der Waals surface area contributed by atoms with Crippen LogP contribution in [0.3, 0.4) is 0 Å². The molecule has 0 fully saturated rings. The molecular weight excluding hydrogens is 190 g/mol. The summed E-state index contributed by atoms with van der Waals surface area (Å²) in [5.41, 5.74) is 2.00. The Hall–Kier alpha value is -1.90. The van der Waals surface area contributed by atoms with E-state index in [1.54, 1.807) is 0 Å². The van der Waals surface area contributed by atoms with E-state index in [-0.39, 0.29) is 6.61 Å². The van der Waals surface area contributed by atoms with Gasteiger partial charge in [-0.2, -0.15) is 4.99 Å². The highest BCUT2D eigenvalue weighted by Gasteiger charge is 1.95. The zero-order chi connectivity index (χ0) is 11.1. The topological polar surface area (TPSA) is 38.7 Å². The molecule has 0 aliphatic carbocycles. The molecule has 0 heterocycles. The summed E-state index contributed by atoms with van der Waals surface area (Å²) in [5, 5.41) is 0. The van der Waals surface area contributed by atoms with Crippen LogP contribution in [0.25, 0.3) is 0 Å². The Morgan fingerprint density at radius 1 is 1.60 bits per heavy atom. The van der Waals surface area contributed by atoms with Crippen molar-refractivity contribution in [2.45, 2.75) is 6.92 Å². The third-order valence-corrected chi connectivity index (χ3v) is 1.69. The minimum Gasteiger partial charge on any atom is -0.444 e. The fourth-order valence-electron chi connectivity index (χ4n) is 1.05. The van der Waals surface area contributed by atoms with Gasteiger partial charge in [0.25, 0.3) is 0 Å². The predicted octanol–water partition coefficient (Wildman–Crippen LogP) is 2.74. The van der Waals surface area contributed by atoms with Gasteiger partial charge in [-0.1, -0.05) is 42.5 Å². The fourth-order valence-corrected chi connectivity index (χ4v) is 1.05. The smallest absolute Gasteiger partial charge is 0.433 e. The van der Waals surface area contributed by atoms with E-state index >= 15 is 0 Å². The number of carbonyl (C=O) groups is 1. The molecule has 0 aliphatic heterocycles. The maximum atomic E-state index is 11.0. The Morgan fingerprint density at radius 2 is 2.40 bits per heavy atom. The molecule has 0 aliphatic rings. The highest BCUT2D eigenvalue weighted by Crippen LogP contribution is 2.01. The summed E-state index contributed by atoms with van der Waals surface area (Å²) in [4.78, 5) is 14.6. The second kappa shape index (κ2) is 5.75. The summed E-state index contributed by atoms with van der Waals surface area (Å²) < 4.78 is 4.69. The Kier molecular flexibility index (Phi) is 4.29. The molecule has 0 aromatic heterocycles. The Labute approximate surface area is 89.1 Å². The molecule has 1 amide bonds. The monoisotopic (exact) mass is 203 g/mol. The van der Waals surface area contributed by atoms with Crippen molar-refractivity contribution in [3.8, 4) is 0 Å². The van der Waals surface area contributed by atoms with Gasteiger partial charge in [0, 0.05) is 6.21 Å². The van der Waals surface area contributed by atoms with Gasteiger partial charge in [0.05, 0.1) is 0 Å². The number of hydrogen-bond donors (Lipinski definition) is 0. The quantitative estimate of drug-likeness (QED) is 0.559. The van der Waals surface area contributed by atoms with E-state index in [0.717, 1.165) is 11.1 Å². The fraction of sp³-hybridized carbons (Fsp3) is 0.167. The minimum atomic E-state index is -0.601. The van der Waals surface area contributed by atoms with E-state index in [1.807, 2.05) is 31.2 Å². The second-order valence-corrected chi connectivity index (χ2v) is 3.04. The highest BCUT2D eigenvalue weighted by molar-refractivity contribution is 5.88. The van der Waals surface area contributed by atoms with Crippen LogP contribution >= 0.6 is 0 Å². The van der Waals surface area contributed by atoms with E-state index in [4.69, 9.17) is 0 Å². The van der Waals surface area contributed by atoms with Crippen LogP contribution in [0.5, 0.6) is 0 Å². The molecule has 0 atom stereocenters. The van der Waals surface area contributed by atoms with Crippen molar-refractivity contribution in [2.24, 2.45) is 4.99 Å². The Balaban J connectivity index is 2.57. The van der Waals surface area contributed by atoms with Crippen LogP contribution in [-0.2, 0) is 4.74 Å². The highest BCUT2D eigenvalue weighted by atomic mass is 16.5. The number of amides is 1. The molecule has 0 saturated carbocycles. The summed E-state index contributed by atoms with van der Waals surface area (Å²) in [7, 11) is 0. The molecule has 3 nitrogen and oxygen atoms in total. The van der Waals surface area contributed by atoms with Gasteiger partial charge in [-0.25, -0.2) is 4.79 Å². The third-order valence-electron chi connectivity index (χ3n) is 1.69. The molecule has 1 aromatic rings. The average Bonchev–Trinajstić information content (AvgIpc) is 2.23. The standard InChI is InChI=1S/C12H13NO2/c1-3-7-15-12(14)13-9-11-6-4-5-10(2)8-11/h3-6,8-9H,1,7H2,2H3. The van der Waals surface area contributed by atoms with E-state index < -0.39 is 6.09 Å². The molecule has 1 aromatic carbocycles. The summed E-state index contributed by atoms with van der Waals surface area (Å²) in [6.07, 6.45) is 2.38. The van der Waals surface area contributed by atoms with Crippen molar-refractivity contribution >= 4 is 12.3 Å². The number of ether oxygens (including phenoxy) is 1. The SMILES string of the molecule is C=CCOC(=O)N=Cc1cccc(C)c1. The van der Waals surface area contributed by atoms with Gasteiger partial charge in [-0.05, 0) is 12.5 Å². The van der Waals surface area contributed by atoms with Crippen LogP contribution in [0.4, 0.5) is 4.79 Å². The maximum absolute atomic E-state index is 11.0. The number of benzene rings is 1. The molecule has 0 unspecified atom stereocenters. The van der Waals surface area contributed by atoms with Gasteiger partial charge in [-0.3, -0.25) is 0 Å². The molecule has 0 saturated heterocycles. The lowest BCUT2D eigenvalue weighted by Gasteiger charge is -1.96. The number of aryl methyl sites for hydroxylation is 1. The van der Waals surface area contributed by atoms with Gasteiger partial charge in [-0.15, -0.1) is 0 Å². The Bertz CT molecular complexity index is 383. The van der Waals surface area contributed by atoms with Crippen molar-refractivity contribution in [3.05, 3.63) is 48.0 Å². The van der Waals surface area contributed by atoms with Gasteiger partial charge < -0.3 is 4.74 Å². The number of hydrogen-bond acceptors (Lipinski definition) is 2. The van der Waals surface area contributed by atoms with Crippen LogP contribution in [0, 0.1) is 6.92 Å². The van der Waals surface area contributed by atoms with Crippen LogP contribution in [0.2, 0.25) is 0 Å². The first-order valence-corrected chi connectivity index (χ1v) is 4.61. The number of aliphatic imine (C=N–C) groups is 1.